The molecule has 0 N–H and O–H groups in total. The fourth-order valence-corrected chi connectivity index (χ4v) is 4.84. The average Bonchev–Trinajstić information content (AvgIpc) is 2.68. The zero-order chi connectivity index (χ0) is 18.9. The fourth-order valence-electron chi connectivity index (χ4n) is 3.34. The minimum absolute atomic E-state index is 0.0395. The number of aryl methyl sites for hydroxylation is 1. The Hall–Kier alpha value is -2.51. The van der Waals surface area contributed by atoms with Gasteiger partial charge in [-0.25, -0.2) is 13.4 Å². The first-order valence-corrected chi connectivity index (χ1v) is 10.4. The van der Waals surface area contributed by atoms with Crippen molar-refractivity contribution in [1.29, 1.82) is 0 Å². The van der Waals surface area contributed by atoms with Gasteiger partial charge in [0.25, 0.3) is 0 Å². The van der Waals surface area contributed by atoms with Crippen LogP contribution in [0.1, 0.15) is 18.7 Å². The van der Waals surface area contributed by atoms with E-state index in [-0.39, 0.29) is 6.10 Å². The van der Waals surface area contributed by atoms with Crippen LogP contribution < -0.4 is 4.74 Å². The molecule has 1 fully saturated rings. The molecule has 2 heterocycles. The van der Waals surface area contributed by atoms with E-state index in [0.29, 0.717) is 42.5 Å². The Balaban J connectivity index is 1.46. The lowest BCUT2D eigenvalue weighted by atomic mass is 10.1. The van der Waals surface area contributed by atoms with E-state index in [0.717, 1.165) is 10.8 Å². The summed E-state index contributed by atoms with van der Waals surface area (Å²) in [7, 11) is -3.50. The van der Waals surface area contributed by atoms with E-state index in [2.05, 4.69) is 9.97 Å². The van der Waals surface area contributed by atoms with Crippen LogP contribution in [0, 0.1) is 6.92 Å². The molecule has 140 valence electrons. The minimum Gasteiger partial charge on any atom is -0.474 e. The van der Waals surface area contributed by atoms with Crippen molar-refractivity contribution in [3.63, 3.8) is 0 Å². The van der Waals surface area contributed by atoms with Crippen molar-refractivity contribution in [2.75, 3.05) is 13.1 Å². The number of fused-ring (bicyclic) bond motifs is 1. The molecule has 2 aromatic carbocycles. The maximum atomic E-state index is 13.0. The lowest BCUT2D eigenvalue weighted by Gasteiger charge is -2.31. The number of nitrogens with zero attached hydrogens (tertiary/aromatic N) is 3. The van der Waals surface area contributed by atoms with E-state index in [1.165, 1.54) is 0 Å². The molecule has 0 spiro atoms. The highest BCUT2D eigenvalue weighted by Crippen LogP contribution is 2.25. The van der Waals surface area contributed by atoms with Crippen LogP contribution in [0.4, 0.5) is 0 Å². The van der Waals surface area contributed by atoms with Crippen LogP contribution in [0.15, 0.2) is 59.6 Å². The lowest BCUT2D eigenvalue weighted by Crippen LogP contribution is -2.41. The SMILES string of the molecule is Cc1nccc(OC2CCN(S(=O)(=O)c3ccc4ccccc4c3)CC2)n1. The van der Waals surface area contributed by atoms with Gasteiger partial charge in [0, 0.05) is 25.4 Å². The highest BCUT2D eigenvalue weighted by atomic mass is 32.2. The maximum Gasteiger partial charge on any atom is 0.243 e. The lowest BCUT2D eigenvalue weighted by molar-refractivity contribution is 0.129. The maximum absolute atomic E-state index is 13.0. The van der Waals surface area contributed by atoms with Crippen molar-refractivity contribution in [2.45, 2.75) is 30.8 Å². The Morgan fingerprint density at radius 3 is 2.52 bits per heavy atom. The van der Waals surface area contributed by atoms with Crippen LogP contribution in [0.5, 0.6) is 5.88 Å². The molecule has 1 saturated heterocycles. The third-order valence-electron chi connectivity index (χ3n) is 4.80. The van der Waals surface area contributed by atoms with Crippen LogP contribution in [-0.4, -0.2) is 41.9 Å². The molecule has 0 aliphatic carbocycles. The Bertz CT molecular complexity index is 1060. The summed E-state index contributed by atoms with van der Waals surface area (Å²) < 4.78 is 33.4. The van der Waals surface area contributed by atoms with Crippen molar-refractivity contribution in [2.24, 2.45) is 0 Å². The van der Waals surface area contributed by atoms with Crippen molar-refractivity contribution in [1.82, 2.24) is 14.3 Å². The molecular weight excluding hydrogens is 362 g/mol. The molecule has 0 saturated carbocycles. The van der Waals surface area contributed by atoms with Gasteiger partial charge in [-0.1, -0.05) is 30.3 Å². The van der Waals surface area contributed by atoms with Gasteiger partial charge in [-0.3, -0.25) is 0 Å². The quantitative estimate of drug-likeness (QED) is 0.692. The van der Waals surface area contributed by atoms with Gasteiger partial charge in [-0.05, 0) is 42.7 Å². The summed E-state index contributed by atoms with van der Waals surface area (Å²) in [5.41, 5.74) is 0. The van der Waals surface area contributed by atoms with E-state index < -0.39 is 10.0 Å². The topological polar surface area (TPSA) is 72.4 Å². The van der Waals surface area contributed by atoms with Gasteiger partial charge in [0.2, 0.25) is 15.9 Å². The zero-order valence-electron chi connectivity index (χ0n) is 15.1. The summed E-state index contributed by atoms with van der Waals surface area (Å²) in [6.07, 6.45) is 2.89. The number of hydrogen-bond acceptors (Lipinski definition) is 5. The number of rotatable bonds is 4. The standard InChI is InChI=1S/C20H21N3O3S/c1-15-21-11-8-20(22-15)26-18-9-12-23(13-10-18)27(24,25)19-7-6-16-4-2-3-5-17(16)14-19/h2-8,11,14,18H,9-10,12-13H2,1H3. The average molecular weight is 383 g/mol. The van der Waals surface area contributed by atoms with Gasteiger partial charge in [0.1, 0.15) is 11.9 Å². The predicted molar refractivity (Wildman–Crippen MR) is 103 cm³/mol. The molecule has 0 bridgehead atoms. The second-order valence-electron chi connectivity index (χ2n) is 6.67. The number of hydrogen-bond donors (Lipinski definition) is 0. The predicted octanol–water partition coefficient (Wildman–Crippen LogP) is 3.17. The first kappa shape index (κ1) is 17.9. The molecule has 7 heteroatoms. The molecule has 3 aromatic rings. The second kappa shape index (κ2) is 7.25. The Morgan fingerprint density at radius 2 is 1.78 bits per heavy atom. The third-order valence-corrected chi connectivity index (χ3v) is 6.69. The van der Waals surface area contributed by atoms with Gasteiger partial charge >= 0.3 is 0 Å². The van der Waals surface area contributed by atoms with Crippen LogP contribution in [-0.2, 0) is 10.0 Å². The van der Waals surface area contributed by atoms with Crippen molar-refractivity contribution >= 4 is 20.8 Å². The Kier molecular flexibility index (Phi) is 4.80. The van der Waals surface area contributed by atoms with Crippen LogP contribution in [0.2, 0.25) is 0 Å². The number of ether oxygens (including phenoxy) is 1. The van der Waals surface area contributed by atoms with E-state index >= 15 is 0 Å². The summed E-state index contributed by atoms with van der Waals surface area (Å²) in [6, 6.07) is 14.8. The third kappa shape index (κ3) is 3.79. The van der Waals surface area contributed by atoms with Crippen molar-refractivity contribution in [3.05, 3.63) is 60.6 Å². The van der Waals surface area contributed by atoms with Crippen LogP contribution in [0.3, 0.4) is 0 Å². The van der Waals surface area contributed by atoms with Gasteiger partial charge in [0.05, 0.1) is 4.90 Å². The van der Waals surface area contributed by atoms with Crippen LogP contribution >= 0.6 is 0 Å². The molecule has 4 rings (SSSR count). The Morgan fingerprint density at radius 1 is 1.04 bits per heavy atom. The van der Waals surface area contributed by atoms with E-state index in [4.69, 9.17) is 4.74 Å². The largest absolute Gasteiger partial charge is 0.474 e. The van der Waals surface area contributed by atoms with Gasteiger partial charge in [-0.2, -0.15) is 9.29 Å². The zero-order valence-corrected chi connectivity index (χ0v) is 15.9. The smallest absolute Gasteiger partial charge is 0.243 e. The number of sulfonamides is 1. The monoisotopic (exact) mass is 383 g/mol. The summed E-state index contributed by atoms with van der Waals surface area (Å²) in [5.74, 6) is 1.20. The Labute approximate surface area is 158 Å². The molecule has 0 unspecified atom stereocenters. The van der Waals surface area contributed by atoms with E-state index in [1.54, 1.807) is 28.7 Å². The number of benzene rings is 2. The molecule has 27 heavy (non-hydrogen) atoms. The number of aromatic nitrogens is 2. The van der Waals surface area contributed by atoms with Crippen molar-refractivity contribution < 1.29 is 13.2 Å². The molecule has 1 aliphatic heterocycles. The molecule has 0 radical (unpaired) electrons. The number of piperidine rings is 1. The van der Waals surface area contributed by atoms with E-state index in [9.17, 15) is 8.42 Å². The summed E-state index contributed by atoms with van der Waals surface area (Å²) >= 11 is 0. The minimum atomic E-state index is -3.50. The molecule has 1 aromatic heterocycles. The van der Waals surface area contributed by atoms with Gasteiger partial charge < -0.3 is 4.74 Å². The first-order chi connectivity index (χ1) is 13.0. The molecule has 1 aliphatic rings. The van der Waals surface area contributed by atoms with Gasteiger partial charge in [0.15, 0.2) is 0 Å². The van der Waals surface area contributed by atoms with Crippen LogP contribution in [0.25, 0.3) is 10.8 Å². The van der Waals surface area contributed by atoms with Gasteiger partial charge in [-0.15, -0.1) is 0 Å². The summed E-state index contributed by atoms with van der Waals surface area (Å²) in [6.45, 7) is 2.68. The van der Waals surface area contributed by atoms with Crippen molar-refractivity contribution in [3.8, 4) is 5.88 Å². The molecular formula is C20H21N3O3S. The normalized spacial score (nSPS) is 16.5. The molecule has 0 amide bonds. The second-order valence-corrected chi connectivity index (χ2v) is 8.61. The highest BCUT2D eigenvalue weighted by Gasteiger charge is 2.30. The highest BCUT2D eigenvalue weighted by molar-refractivity contribution is 7.89. The molecule has 0 atom stereocenters. The van der Waals surface area contributed by atoms with E-state index in [1.807, 2.05) is 37.3 Å². The summed E-state index contributed by atoms with van der Waals surface area (Å²) in [4.78, 5) is 8.64. The first-order valence-electron chi connectivity index (χ1n) is 8.98. The molecule has 6 nitrogen and oxygen atoms in total. The summed E-state index contributed by atoms with van der Waals surface area (Å²) in [5, 5.41) is 1.96. The fraction of sp³-hybridized carbons (Fsp3) is 0.300.